The fourth-order valence-corrected chi connectivity index (χ4v) is 3.33. The molecule has 2 atom stereocenters. The third-order valence-corrected chi connectivity index (χ3v) is 4.92. The highest BCUT2D eigenvalue weighted by Crippen LogP contribution is 2.31. The van der Waals surface area contributed by atoms with Crippen LogP contribution in [0.1, 0.15) is 51.5 Å². The number of amides is 1. The molecule has 3 nitrogen and oxygen atoms in total. The molecule has 0 spiro atoms. The van der Waals surface area contributed by atoms with Gasteiger partial charge in [0.1, 0.15) is 0 Å². The van der Waals surface area contributed by atoms with Crippen molar-refractivity contribution in [2.75, 3.05) is 5.73 Å². The van der Waals surface area contributed by atoms with Gasteiger partial charge in [0.15, 0.2) is 0 Å². The molecule has 2 rings (SSSR count). The fourth-order valence-electron chi connectivity index (χ4n) is 3.33. The molecule has 0 radical (unpaired) electrons. The molecule has 1 aromatic rings. The van der Waals surface area contributed by atoms with Crippen LogP contribution in [-0.2, 0) is 11.2 Å². The summed E-state index contributed by atoms with van der Waals surface area (Å²) in [4.78, 5) is 12.2. The second-order valence-electron chi connectivity index (χ2n) is 6.53. The van der Waals surface area contributed by atoms with Crippen LogP contribution < -0.4 is 11.1 Å². The van der Waals surface area contributed by atoms with Gasteiger partial charge in [0.25, 0.3) is 0 Å². The fraction of sp³-hybridized carbons (Fsp3) is 0.611. The molecule has 1 saturated carbocycles. The Kier molecular flexibility index (Phi) is 7.74. The number of hydrogen-bond donors (Lipinski definition) is 2. The summed E-state index contributed by atoms with van der Waals surface area (Å²) >= 11 is 0. The van der Waals surface area contributed by atoms with Crippen molar-refractivity contribution < 1.29 is 4.79 Å². The Hall–Kier alpha value is -1.22. The number of halogens is 1. The van der Waals surface area contributed by atoms with E-state index in [0.29, 0.717) is 12.3 Å². The first-order chi connectivity index (χ1) is 10.1. The molecule has 0 saturated heterocycles. The molecule has 1 aliphatic carbocycles. The molecule has 0 bridgehead atoms. The largest absolute Gasteiger partial charge is 0.399 e. The molecule has 124 valence electrons. The Morgan fingerprint density at radius 2 is 1.77 bits per heavy atom. The average molecular weight is 325 g/mol. The molecule has 0 aromatic heterocycles. The lowest BCUT2D eigenvalue weighted by Gasteiger charge is -2.32. The minimum atomic E-state index is 0. The van der Waals surface area contributed by atoms with E-state index in [1.807, 2.05) is 24.3 Å². The topological polar surface area (TPSA) is 55.1 Å². The number of hydrogen-bond acceptors (Lipinski definition) is 2. The lowest BCUT2D eigenvalue weighted by atomic mass is 9.78. The predicted molar refractivity (Wildman–Crippen MR) is 95.2 cm³/mol. The summed E-state index contributed by atoms with van der Waals surface area (Å²) in [5.41, 5.74) is 7.41. The minimum absolute atomic E-state index is 0. The maximum atomic E-state index is 12.2. The third-order valence-electron chi connectivity index (χ3n) is 4.92. The first kappa shape index (κ1) is 18.8. The first-order valence-electron chi connectivity index (χ1n) is 8.20. The van der Waals surface area contributed by atoms with E-state index in [9.17, 15) is 4.79 Å². The quantitative estimate of drug-likeness (QED) is 0.806. The molecule has 4 heteroatoms. The maximum Gasteiger partial charge on any atom is 0.224 e. The molecule has 22 heavy (non-hydrogen) atoms. The van der Waals surface area contributed by atoms with Crippen LogP contribution in [0.2, 0.25) is 0 Å². The van der Waals surface area contributed by atoms with E-state index < -0.39 is 0 Å². The summed E-state index contributed by atoms with van der Waals surface area (Å²) in [6.07, 6.45) is 7.14. The molecule has 1 aliphatic rings. The van der Waals surface area contributed by atoms with E-state index in [-0.39, 0.29) is 24.4 Å². The molecule has 1 aromatic carbocycles. The molecule has 0 heterocycles. The minimum Gasteiger partial charge on any atom is -0.399 e. The Morgan fingerprint density at radius 1 is 1.18 bits per heavy atom. The van der Waals surface area contributed by atoms with Gasteiger partial charge in [0.05, 0.1) is 6.42 Å². The van der Waals surface area contributed by atoms with Crippen LogP contribution in [0.5, 0.6) is 0 Å². The van der Waals surface area contributed by atoms with Gasteiger partial charge >= 0.3 is 0 Å². The van der Waals surface area contributed by atoms with Gasteiger partial charge in [0.2, 0.25) is 5.91 Å². The summed E-state index contributed by atoms with van der Waals surface area (Å²) in [5, 5.41) is 3.17. The van der Waals surface area contributed by atoms with Crippen molar-refractivity contribution in [1.29, 1.82) is 0 Å². The zero-order valence-corrected chi connectivity index (χ0v) is 14.5. The van der Waals surface area contributed by atoms with E-state index in [1.54, 1.807) is 0 Å². The lowest BCUT2D eigenvalue weighted by Crippen LogP contribution is -2.40. The average Bonchev–Trinajstić information content (AvgIpc) is 2.49. The molecular formula is C18H29ClN2O. The first-order valence-corrected chi connectivity index (χ1v) is 8.20. The summed E-state index contributed by atoms with van der Waals surface area (Å²) < 4.78 is 0. The summed E-state index contributed by atoms with van der Waals surface area (Å²) in [7, 11) is 0. The van der Waals surface area contributed by atoms with Crippen LogP contribution in [0.25, 0.3) is 0 Å². The number of nitrogens with one attached hydrogen (secondary N) is 1. The number of carbonyl (C=O) groups excluding carboxylic acids is 1. The van der Waals surface area contributed by atoms with Crippen molar-refractivity contribution in [3.8, 4) is 0 Å². The SMILES string of the molecule is CC(NC(=O)Cc1ccc(N)cc1)C(C)C1CCCCC1.Cl. The van der Waals surface area contributed by atoms with Crippen LogP contribution in [-0.4, -0.2) is 11.9 Å². The van der Waals surface area contributed by atoms with Crippen molar-refractivity contribution in [3.63, 3.8) is 0 Å². The highest BCUT2D eigenvalue weighted by molar-refractivity contribution is 5.85. The monoisotopic (exact) mass is 324 g/mol. The van der Waals surface area contributed by atoms with Gasteiger partial charge < -0.3 is 11.1 Å². The Morgan fingerprint density at radius 3 is 2.36 bits per heavy atom. The van der Waals surface area contributed by atoms with Crippen LogP contribution in [0.15, 0.2) is 24.3 Å². The number of nitrogen functional groups attached to an aromatic ring is 1. The molecule has 3 N–H and O–H groups in total. The summed E-state index contributed by atoms with van der Waals surface area (Å²) in [6, 6.07) is 7.77. The van der Waals surface area contributed by atoms with Gasteiger partial charge in [-0.05, 0) is 36.5 Å². The smallest absolute Gasteiger partial charge is 0.224 e. The van der Waals surface area contributed by atoms with E-state index in [0.717, 1.165) is 17.2 Å². The van der Waals surface area contributed by atoms with Crippen molar-refractivity contribution in [1.82, 2.24) is 5.32 Å². The highest BCUT2D eigenvalue weighted by atomic mass is 35.5. The molecular weight excluding hydrogens is 296 g/mol. The van der Waals surface area contributed by atoms with Gasteiger partial charge in [-0.25, -0.2) is 0 Å². The Balaban J connectivity index is 0.00000242. The van der Waals surface area contributed by atoms with Crippen molar-refractivity contribution in [3.05, 3.63) is 29.8 Å². The summed E-state index contributed by atoms with van der Waals surface area (Å²) in [6.45, 7) is 4.42. The van der Waals surface area contributed by atoms with Crippen LogP contribution in [0.3, 0.4) is 0 Å². The second-order valence-corrected chi connectivity index (χ2v) is 6.53. The van der Waals surface area contributed by atoms with Gasteiger partial charge in [-0.2, -0.15) is 0 Å². The van der Waals surface area contributed by atoms with Gasteiger partial charge in [0, 0.05) is 11.7 Å². The van der Waals surface area contributed by atoms with E-state index in [4.69, 9.17) is 5.73 Å². The van der Waals surface area contributed by atoms with E-state index >= 15 is 0 Å². The van der Waals surface area contributed by atoms with Gasteiger partial charge in [-0.15, -0.1) is 12.4 Å². The summed E-state index contributed by atoms with van der Waals surface area (Å²) in [5.74, 6) is 1.43. The maximum absolute atomic E-state index is 12.2. The zero-order chi connectivity index (χ0) is 15.2. The molecule has 1 amide bonds. The second kappa shape index (κ2) is 9.04. The molecule has 1 fully saturated rings. The highest BCUT2D eigenvalue weighted by Gasteiger charge is 2.25. The third kappa shape index (κ3) is 5.53. The Bertz CT molecular complexity index is 455. The number of nitrogens with two attached hydrogens (primary N) is 1. The zero-order valence-electron chi connectivity index (χ0n) is 13.7. The molecule has 0 aliphatic heterocycles. The number of rotatable bonds is 5. The van der Waals surface area contributed by atoms with E-state index in [1.165, 1.54) is 32.1 Å². The number of carbonyl (C=O) groups is 1. The number of benzene rings is 1. The standard InChI is InChI=1S/C18H28N2O.ClH/c1-13(16-6-4-3-5-7-16)14(2)20-18(21)12-15-8-10-17(19)11-9-15;/h8-11,13-14,16H,3-7,12,19H2,1-2H3,(H,20,21);1H. The van der Waals surface area contributed by atoms with Crippen molar-refractivity contribution >= 4 is 24.0 Å². The van der Waals surface area contributed by atoms with Crippen LogP contribution in [0, 0.1) is 11.8 Å². The van der Waals surface area contributed by atoms with Crippen molar-refractivity contribution in [2.24, 2.45) is 11.8 Å². The van der Waals surface area contributed by atoms with Crippen LogP contribution >= 0.6 is 12.4 Å². The van der Waals surface area contributed by atoms with E-state index in [2.05, 4.69) is 19.2 Å². The lowest BCUT2D eigenvalue weighted by molar-refractivity contribution is -0.121. The Labute approximate surface area is 140 Å². The van der Waals surface area contributed by atoms with Crippen molar-refractivity contribution in [2.45, 2.75) is 58.4 Å². The van der Waals surface area contributed by atoms with Crippen LogP contribution in [0.4, 0.5) is 5.69 Å². The number of anilines is 1. The van der Waals surface area contributed by atoms with Gasteiger partial charge in [-0.1, -0.05) is 51.2 Å². The predicted octanol–water partition coefficient (Wildman–Crippen LogP) is 3.95. The normalized spacial score (nSPS) is 18.1. The molecule has 2 unspecified atom stereocenters. The van der Waals surface area contributed by atoms with Gasteiger partial charge in [-0.3, -0.25) is 4.79 Å².